The van der Waals surface area contributed by atoms with Crippen LogP contribution in [-0.2, 0) is 11.3 Å². The molecule has 2 aromatic rings. The van der Waals surface area contributed by atoms with Gasteiger partial charge in [0.05, 0.1) is 17.4 Å². The summed E-state index contributed by atoms with van der Waals surface area (Å²) in [4.78, 5) is 33.9. The zero-order valence-electron chi connectivity index (χ0n) is 16.7. The number of halogens is 1. The molecule has 28 heavy (non-hydrogen) atoms. The molecule has 0 saturated carbocycles. The van der Waals surface area contributed by atoms with Crippen molar-refractivity contribution in [2.24, 2.45) is 5.92 Å². The second-order valence-electron chi connectivity index (χ2n) is 8.39. The van der Waals surface area contributed by atoms with Crippen LogP contribution in [0.2, 0.25) is 5.02 Å². The summed E-state index contributed by atoms with van der Waals surface area (Å²) in [5.41, 5.74) is -0.0549. The number of rotatable bonds is 4. The van der Waals surface area contributed by atoms with Crippen LogP contribution in [-0.4, -0.2) is 45.7 Å². The van der Waals surface area contributed by atoms with Crippen LogP contribution in [0.5, 0.6) is 0 Å². The summed E-state index contributed by atoms with van der Waals surface area (Å²) in [6.45, 7) is 9.80. The van der Waals surface area contributed by atoms with Crippen LogP contribution in [0, 0.1) is 5.92 Å². The van der Waals surface area contributed by atoms with Gasteiger partial charge in [0.15, 0.2) is 0 Å². The molecule has 1 aromatic carbocycles. The van der Waals surface area contributed by atoms with Crippen LogP contribution in [0.3, 0.4) is 0 Å². The van der Waals surface area contributed by atoms with Crippen molar-refractivity contribution >= 4 is 28.6 Å². The van der Waals surface area contributed by atoms with E-state index in [4.69, 9.17) is 16.3 Å². The number of likely N-dealkylation sites (tertiary alicyclic amines) is 1. The van der Waals surface area contributed by atoms with Gasteiger partial charge in [0.1, 0.15) is 11.4 Å². The molecule has 0 bridgehead atoms. The topological polar surface area (TPSA) is 87.3 Å². The maximum atomic E-state index is 12.3. The Labute approximate surface area is 169 Å². The second-order valence-corrected chi connectivity index (χ2v) is 8.83. The molecule has 2 N–H and O–H groups in total. The number of aromatic amines is 1. The second kappa shape index (κ2) is 8.09. The fourth-order valence-corrected chi connectivity index (χ4v) is 3.64. The predicted molar refractivity (Wildman–Crippen MR) is 110 cm³/mol. The number of amides is 1. The minimum atomic E-state index is -0.511. The molecule has 1 aliphatic heterocycles. The molecule has 7 nitrogen and oxygen atoms in total. The Morgan fingerprint density at radius 1 is 1.46 bits per heavy atom. The van der Waals surface area contributed by atoms with Gasteiger partial charge in [0, 0.05) is 17.6 Å². The lowest BCUT2D eigenvalue weighted by Crippen LogP contribution is -2.42. The molecule has 2 atom stereocenters. The first-order chi connectivity index (χ1) is 13.1. The highest BCUT2D eigenvalue weighted by atomic mass is 35.5. The van der Waals surface area contributed by atoms with E-state index < -0.39 is 11.7 Å². The van der Waals surface area contributed by atoms with Crippen molar-refractivity contribution in [3.05, 3.63) is 39.4 Å². The highest BCUT2D eigenvalue weighted by Gasteiger charge is 2.29. The normalized spacial score (nSPS) is 19.0. The summed E-state index contributed by atoms with van der Waals surface area (Å²) in [5.74, 6) is 0.951. The standard InChI is InChI=1S/C20H27ClN4O3/c1-12(22-19(27)28-20(2,3)4)13-7-8-25(10-13)11-17-23-16-6-5-14(21)9-15(16)18(26)24-17/h5-6,9,12-13H,7-8,10-11H2,1-4H3,(H,22,27)(H,23,24,26). The molecule has 0 aliphatic carbocycles. The third-order valence-corrected chi connectivity index (χ3v) is 5.09. The number of alkyl carbamates (subject to hydrolysis) is 1. The van der Waals surface area contributed by atoms with E-state index in [0.717, 1.165) is 19.5 Å². The summed E-state index contributed by atoms with van der Waals surface area (Å²) in [6.07, 6.45) is 0.572. The summed E-state index contributed by atoms with van der Waals surface area (Å²) in [5, 5.41) is 3.93. The number of benzene rings is 1. The van der Waals surface area contributed by atoms with E-state index in [0.29, 0.717) is 34.2 Å². The van der Waals surface area contributed by atoms with Crippen LogP contribution < -0.4 is 10.9 Å². The number of carbonyl (C=O) groups excluding carboxylic acids is 1. The fraction of sp³-hybridized carbons (Fsp3) is 0.550. The molecule has 2 unspecified atom stereocenters. The average molecular weight is 407 g/mol. The van der Waals surface area contributed by atoms with Crippen molar-refractivity contribution in [3.8, 4) is 0 Å². The highest BCUT2D eigenvalue weighted by Crippen LogP contribution is 2.22. The van der Waals surface area contributed by atoms with Crippen LogP contribution in [0.15, 0.2) is 23.0 Å². The largest absolute Gasteiger partial charge is 0.444 e. The van der Waals surface area contributed by atoms with Crippen LogP contribution in [0.25, 0.3) is 10.9 Å². The van der Waals surface area contributed by atoms with Gasteiger partial charge in [-0.1, -0.05) is 11.6 Å². The number of nitrogens with one attached hydrogen (secondary N) is 2. The minimum Gasteiger partial charge on any atom is -0.444 e. The van der Waals surface area contributed by atoms with Gasteiger partial charge in [0.2, 0.25) is 0 Å². The Morgan fingerprint density at radius 2 is 2.21 bits per heavy atom. The maximum absolute atomic E-state index is 12.3. The van der Waals surface area contributed by atoms with Gasteiger partial charge < -0.3 is 15.0 Å². The van der Waals surface area contributed by atoms with Crippen molar-refractivity contribution in [3.63, 3.8) is 0 Å². The maximum Gasteiger partial charge on any atom is 0.407 e. The first-order valence-electron chi connectivity index (χ1n) is 9.51. The molecule has 1 aliphatic rings. The molecule has 1 saturated heterocycles. The number of nitrogens with zero attached hydrogens (tertiary/aromatic N) is 2. The van der Waals surface area contributed by atoms with Crippen molar-refractivity contribution in [1.82, 2.24) is 20.2 Å². The molecule has 0 spiro atoms. The van der Waals surface area contributed by atoms with Gasteiger partial charge in [0.25, 0.3) is 5.56 Å². The van der Waals surface area contributed by atoms with Crippen molar-refractivity contribution in [1.29, 1.82) is 0 Å². The van der Waals surface area contributed by atoms with Crippen LogP contribution >= 0.6 is 11.6 Å². The van der Waals surface area contributed by atoms with Crippen LogP contribution in [0.1, 0.15) is 39.9 Å². The van der Waals surface area contributed by atoms with E-state index in [1.807, 2.05) is 27.7 Å². The predicted octanol–water partition coefficient (Wildman–Crippen LogP) is 3.31. The third-order valence-electron chi connectivity index (χ3n) is 4.85. The zero-order valence-corrected chi connectivity index (χ0v) is 17.5. The lowest BCUT2D eigenvalue weighted by atomic mass is 10.0. The molecule has 1 amide bonds. The van der Waals surface area contributed by atoms with Crippen molar-refractivity contribution in [2.75, 3.05) is 13.1 Å². The summed E-state index contributed by atoms with van der Waals surface area (Å²) in [6, 6.07) is 5.12. The fourth-order valence-electron chi connectivity index (χ4n) is 3.47. The van der Waals surface area contributed by atoms with Crippen LogP contribution in [0.4, 0.5) is 4.79 Å². The lowest BCUT2D eigenvalue weighted by molar-refractivity contribution is 0.0492. The summed E-state index contributed by atoms with van der Waals surface area (Å²) < 4.78 is 5.33. The average Bonchev–Trinajstić information content (AvgIpc) is 3.02. The Balaban J connectivity index is 1.60. The molecule has 0 radical (unpaired) electrons. The van der Waals surface area contributed by atoms with Gasteiger partial charge >= 0.3 is 6.09 Å². The van der Waals surface area contributed by atoms with Gasteiger partial charge in [-0.05, 0) is 64.8 Å². The third kappa shape index (κ3) is 5.23. The molecule has 8 heteroatoms. The van der Waals surface area contributed by atoms with Gasteiger partial charge in [-0.2, -0.15) is 0 Å². The molecular formula is C20H27ClN4O3. The first-order valence-corrected chi connectivity index (χ1v) is 9.89. The Kier molecular flexibility index (Phi) is 5.95. The monoisotopic (exact) mass is 406 g/mol. The molecule has 3 rings (SSSR count). The van der Waals surface area contributed by atoms with Gasteiger partial charge in [-0.25, -0.2) is 9.78 Å². The molecule has 2 heterocycles. The van der Waals surface area contributed by atoms with Gasteiger partial charge in [-0.3, -0.25) is 9.69 Å². The minimum absolute atomic E-state index is 0.00519. The Morgan fingerprint density at radius 3 is 2.93 bits per heavy atom. The zero-order chi connectivity index (χ0) is 20.5. The smallest absolute Gasteiger partial charge is 0.407 e. The molecule has 152 valence electrons. The van der Waals surface area contributed by atoms with E-state index in [1.54, 1.807) is 18.2 Å². The number of fused-ring (bicyclic) bond motifs is 1. The molecule has 1 aromatic heterocycles. The Bertz CT molecular complexity index is 922. The van der Waals surface area contributed by atoms with E-state index in [-0.39, 0.29) is 11.6 Å². The number of ether oxygens (including phenoxy) is 1. The molecule has 1 fully saturated rings. The highest BCUT2D eigenvalue weighted by molar-refractivity contribution is 6.31. The van der Waals surface area contributed by atoms with Crippen molar-refractivity contribution in [2.45, 2.75) is 52.3 Å². The Hall–Kier alpha value is -2.12. The van der Waals surface area contributed by atoms with E-state index in [2.05, 4.69) is 20.2 Å². The number of H-pyrrole nitrogens is 1. The van der Waals surface area contributed by atoms with E-state index in [9.17, 15) is 9.59 Å². The molecular weight excluding hydrogens is 380 g/mol. The van der Waals surface area contributed by atoms with Gasteiger partial charge in [-0.15, -0.1) is 0 Å². The summed E-state index contributed by atoms with van der Waals surface area (Å²) >= 11 is 5.96. The number of aromatic nitrogens is 2. The van der Waals surface area contributed by atoms with E-state index >= 15 is 0 Å². The SMILES string of the molecule is CC(NC(=O)OC(C)(C)C)C1CCN(Cc2nc3ccc(Cl)cc3c(=O)[nH]2)C1. The van der Waals surface area contributed by atoms with E-state index in [1.165, 1.54) is 0 Å². The number of hydrogen-bond acceptors (Lipinski definition) is 5. The quantitative estimate of drug-likeness (QED) is 0.813. The number of hydrogen-bond donors (Lipinski definition) is 2. The van der Waals surface area contributed by atoms with Crippen molar-refractivity contribution < 1.29 is 9.53 Å². The lowest BCUT2D eigenvalue weighted by Gasteiger charge is -2.25. The first kappa shape index (κ1) is 20.6. The number of carbonyl (C=O) groups is 1. The summed E-state index contributed by atoms with van der Waals surface area (Å²) in [7, 11) is 0.